The molecule has 0 radical (unpaired) electrons. The summed E-state index contributed by atoms with van der Waals surface area (Å²) in [5.41, 5.74) is 7.53. The molecule has 7 aromatic carbocycles. The lowest BCUT2D eigenvalue weighted by Crippen LogP contribution is -2.04. The first-order valence-corrected chi connectivity index (χ1v) is 16.3. The smallest absolute Gasteiger partial charge is 0.235 e. The van der Waals surface area contributed by atoms with Crippen molar-refractivity contribution in [1.29, 1.82) is 0 Å². The molecule has 214 valence electrons. The molecular weight excluding hydrogens is 579 g/mol. The van der Waals surface area contributed by atoms with Gasteiger partial charge in [0.2, 0.25) is 5.95 Å². The largest absolute Gasteiger partial charge is 0.277 e. The van der Waals surface area contributed by atoms with Crippen LogP contribution in [0.25, 0.3) is 92.0 Å². The molecule has 0 amide bonds. The summed E-state index contributed by atoms with van der Waals surface area (Å²) in [6.45, 7) is 0. The van der Waals surface area contributed by atoms with Crippen LogP contribution in [0.4, 0.5) is 0 Å². The Morgan fingerprint density at radius 1 is 0.457 bits per heavy atom. The van der Waals surface area contributed by atoms with E-state index < -0.39 is 0 Å². The Kier molecular flexibility index (Phi) is 5.45. The highest BCUT2D eigenvalue weighted by molar-refractivity contribution is 7.25. The number of fused-ring (bicyclic) bond motifs is 9. The Morgan fingerprint density at radius 3 is 2.07 bits per heavy atom. The molecule has 0 aliphatic rings. The quantitative estimate of drug-likeness (QED) is 0.201. The molecule has 0 fully saturated rings. The van der Waals surface area contributed by atoms with Crippen molar-refractivity contribution in [3.8, 4) is 28.3 Å². The van der Waals surface area contributed by atoms with E-state index in [1.807, 2.05) is 17.4 Å². The highest BCUT2D eigenvalue weighted by atomic mass is 32.1. The third-order valence-corrected chi connectivity index (χ3v) is 10.3. The highest BCUT2D eigenvalue weighted by Crippen LogP contribution is 2.45. The van der Waals surface area contributed by atoms with Crippen LogP contribution < -0.4 is 0 Å². The summed E-state index contributed by atoms with van der Waals surface area (Å²) in [7, 11) is 0. The van der Waals surface area contributed by atoms with Crippen LogP contribution in [0.3, 0.4) is 0 Å². The van der Waals surface area contributed by atoms with Gasteiger partial charge >= 0.3 is 0 Å². The summed E-state index contributed by atoms with van der Waals surface area (Å²) in [4.78, 5) is 10.7. The second-order valence-electron chi connectivity index (χ2n) is 11.8. The van der Waals surface area contributed by atoms with Gasteiger partial charge in [0.1, 0.15) is 0 Å². The van der Waals surface area contributed by atoms with Crippen LogP contribution in [0.5, 0.6) is 0 Å². The third-order valence-electron chi connectivity index (χ3n) is 9.21. The molecule has 0 N–H and O–H groups in total. The summed E-state index contributed by atoms with van der Waals surface area (Å²) in [5.74, 6) is 0.669. The van der Waals surface area contributed by atoms with Gasteiger partial charge in [-0.15, -0.1) is 11.3 Å². The van der Waals surface area contributed by atoms with Gasteiger partial charge in [-0.25, -0.2) is 9.97 Å². The fourth-order valence-corrected chi connectivity index (χ4v) is 8.37. The van der Waals surface area contributed by atoms with Crippen molar-refractivity contribution < 1.29 is 0 Å². The Hall–Kier alpha value is -5.84. The van der Waals surface area contributed by atoms with Crippen molar-refractivity contribution in [2.75, 3.05) is 0 Å². The lowest BCUT2D eigenvalue weighted by molar-refractivity contribution is 1.01. The molecule has 10 aromatic rings. The normalized spacial score (nSPS) is 11.9. The van der Waals surface area contributed by atoms with Gasteiger partial charge in [-0.2, -0.15) is 0 Å². The Morgan fingerprint density at radius 2 is 1.15 bits per heavy atom. The van der Waals surface area contributed by atoms with Crippen LogP contribution in [0.2, 0.25) is 0 Å². The van der Waals surface area contributed by atoms with Crippen LogP contribution in [-0.2, 0) is 0 Å². The zero-order chi connectivity index (χ0) is 30.2. The van der Waals surface area contributed by atoms with Gasteiger partial charge in [0.25, 0.3) is 0 Å². The van der Waals surface area contributed by atoms with Crippen molar-refractivity contribution in [2.24, 2.45) is 0 Å². The van der Waals surface area contributed by atoms with Gasteiger partial charge in [0.05, 0.1) is 22.2 Å². The summed E-state index contributed by atoms with van der Waals surface area (Å²) < 4.78 is 4.89. The molecule has 0 atom stereocenters. The average molecular weight is 604 g/mol. The second-order valence-corrected chi connectivity index (χ2v) is 12.8. The van der Waals surface area contributed by atoms with Crippen LogP contribution >= 0.6 is 11.3 Å². The van der Waals surface area contributed by atoms with E-state index in [1.165, 1.54) is 52.8 Å². The first-order valence-electron chi connectivity index (χ1n) is 15.5. The van der Waals surface area contributed by atoms with Gasteiger partial charge in [0, 0.05) is 47.5 Å². The maximum absolute atomic E-state index is 5.38. The van der Waals surface area contributed by atoms with E-state index in [9.17, 15) is 0 Å². The molecule has 0 aliphatic heterocycles. The minimum absolute atomic E-state index is 0.669. The summed E-state index contributed by atoms with van der Waals surface area (Å²) >= 11 is 1.85. The molecule has 0 unspecified atom stereocenters. The van der Waals surface area contributed by atoms with E-state index in [2.05, 4.69) is 150 Å². The minimum atomic E-state index is 0.669. The molecule has 4 heteroatoms. The predicted molar refractivity (Wildman–Crippen MR) is 195 cm³/mol. The molecule has 0 spiro atoms. The fraction of sp³-hybridized carbons (Fsp3) is 0. The monoisotopic (exact) mass is 603 g/mol. The molecule has 10 rings (SSSR count). The molecule has 0 bridgehead atoms. The minimum Gasteiger partial charge on any atom is -0.277 e. The summed E-state index contributed by atoms with van der Waals surface area (Å²) in [6.07, 6.45) is 0. The molecule has 3 heterocycles. The van der Waals surface area contributed by atoms with Crippen LogP contribution in [0.15, 0.2) is 152 Å². The molecule has 3 aromatic heterocycles. The Bertz CT molecular complexity index is 2810. The van der Waals surface area contributed by atoms with Crippen LogP contribution in [0, 0.1) is 0 Å². The van der Waals surface area contributed by atoms with Gasteiger partial charge in [-0.3, -0.25) is 4.57 Å². The number of benzene rings is 7. The Balaban J connectivity index is 1.40. The lowest BCUT2D eigenvalue weighted by atomic mass is 9.96. The topological polar surface area (TPSA) is 30.7 Å². The maximum Gasteiger partial charge on any atom is 0.235 e. The second kappa shape index (κ2) is 9.83. The Labute approximate surface area is 268 Å². The van der Waals surface area contributed by atoms with E-state index in [4.69, 9.17) is 9.97 Å². The van der Waals surface area contributed by atoms with Crippen molar-refractivity contribution in [2.45, 2.75) is 0 Å². The van der Waals surface area contributed by atoms with Crippen LogP contribution in [-0.4, -0.2) is 14.5 Å². The van der Waals surface area contributed by atoms with Crippen molar-refractivity contribution in [1.82, 2.24) is 14.5 Å². The highest BCUT2D eigenvalue weighted by Gasteiger charge is 2.22. The summed E-state index contributed by atoms with van der Waals surface area (Å²) in [5, 5.41) is 8.48. The van der Waals surface area contributed by atoms with Crippen LogP contribution in [0.1, 0.15) is 0 Å². The summed E-state index contributed by atoms with van der Waals surface area (Å²) in [6, 6.07) is 54.1. The van der Waals surface area contributed by atoms with E-state index in [1.54, 1.807) is 0 Å². The first-order chi connectivity index (χ1) is 22.8. The van der Waals surface area contributed by atoms with Crippen molar-refractivity contribution in [3.63, 3.8) is 0 Å². The lowest BCUT2D eigenvalue weighted by Gasteiger charge is -2.14. The van der Waals surface area contributed by atoms with Crippen molar-refractivity contribution >= 4 is 75.0 Å². The molecule has 0 saturated heterocycles. The molecule has 46 heavy (non-hydrogen) atoms. The molecular formula is C42H25N3S. The predicted octanol–water partition coefficient (Wildman–Crippen LogP) is 11.6. The van der Waals surface area contributed by atoms with E-state index >= 15 is 0 Å². The van der Waals surface area contributed by atoms with Crippen molar-refractivity contribution in [3.05, 3.63) is 152 Å². The van der Waals surface area contributed by atoms with Gasteiger partial charge in [-0.1, -0.05) is 127 Å². The number of thiophene rings is 1. The number of hydrogen-bond acceptors (Lipinski definition) is 3. The number of hydrogen-bond donors (Lipinski definition) is 0. The maximum atomic E-state index is 5.38. The number of nitrogens with zero attached hydrogens (tertiary/aromatic N) is 3. The number of rotatable bonds is 3. The fourth-order valence-electron chi connectivity index (χ4n) is 7.24. The number of aromatic nitrogens is 3. The number of para-hydroxylation sites is 2. The molecule has 3 nitrogen and oxygen atoms in total. The van der Waals surface area contributed by atoms with E-state index in [0.717, 1.165) is 33.2 Å². The zero-order valence-corrected chi connectivity index (χ0v) is 25.5. The zero-order valence-electron chi connectivity index (χ0n) is 24.7. The van der Waals surface area contributed by atoms with E-state index in [0.29, 0.717) is 5.95 Å². The average Bonchev–Trinajstić information content (AvgIpc) is 3.68. The van der Waals surface area contributed by atoms with Gasteiger partial charge in [-0.05, 0) is 40.6 Å². The molecule has 0 saturated carbocycles. The SMILES string of the molecule is c1ccc(-c2nc(-n3c4ccc5ccccc5c4c4cccc(-c5cccc6sc7ccccc7c56)c43)nc3ccccc23)cc1. The van der Waals surface area contributed by atoms with Gasteiger partial charge < -0.3 is 0 Å². The van der Waals surface area contributed by atoms with E-state index in [-0.39, 0.29) is 0 Å². The standard InChI is InChI=1S/C42H25N3S/c1-2-13-27(14-3-1)40-31-16-6-8-21-34(31)43-42(44-40)45-35-25-24-26-12-4-5-15-28(26)38(35)33-20-10-19-30(41(33)45)29-18-11-23-37-39(29)32-17-7-9-22-36(32)46-37/h1-25H. The third kappa shape index (κ3) is 3.65. The molecule has 0 aliphatic carbocycles. The first kappa shape index (κ1) is 25.5. The van der Waals surface area contributed by atoms with Gasteiger partial charge in [0.15, 0.2) is 0 Å².